The lowest BCUT2D eigenvalue weighted by atomic mass is 9.99. The average molecular weight is 382 g/mol. The number of rotatable bonds is 3. The molecule has 0 saturated carbocycles. The van der Waals surface area contributed by atoms with Crippen molar-refractivity contribution < 1.29 is 13.6 Å². The zero-order chi connectivity index (χ0) is 19.8. The maximum absolute atomic E-state index is 14.0. The van der Waals surface area contributed by atoms with Crippen molar-refractivity contribution in [3.05, 3.63) is 69.6 Å². The minimum atomic E-state index is -0.364. The fraction of sp³-hybridized carbons (Fsp3) is 0.364. The van der Waals surface area contributed by atoms with Crippen LogP contribution in [0.3, 0.4) is 0 Å². The molecule has 0 radical (unpaired) electrons. The van der Waals surface area contributed by atoms with Crippen molar-refractivity contribution in [1.82, 2.24) is 9.47 Å². The lowest BCUT2D eigenvalue weighted by Gasteiger charge is -2.30. The SMILES string of the molecule is Cc1oc2ccn(Cc3ccccc3F)c(=O)c2c1C(=O)N1CCCC(C)C1. The number of carbonyl (C=O) groups is 1. The Labute approximate surface area is 162 Å². The van der Waals surface area contributed by atoms with Gasteiger partial charge in [0, 0.05) is 24.8 Å². The second kappa shape index (κ2) is 7.26. The molecule has 146 valence electrons. The molecule has 1 aliphatic heterocycles. The van der Waals surface area contributed by atoms with Gasteiger partial charge in [-0.15, -0.1) is 0 Å². The number of fused-ring (bicyclic) bond motifs is 1. The first-order valence-electron chi connectivity index (χ1n) is 9.61. The third-order valence-electron chi connectivity index (χ3n) is 5.45. The molecule has 1 amide bonds. The second-order valence-electron chi connectivity index (χ2n) is 7.61. The van der Waals surface area contributed by atoms with Crippen LogP contribution < -0.4 is 5.56 Å². The predicted octanol–water partition coefficient (Wildman–Crippen LogP) is 3.96. The Balaban J connectivity index is 1.77. The zero-order valence-electron chi connectivity index (χ0n) is 16.1. The van der Waals surface area contributed by atoms with Gasteiger partial charge < -0.3 is 13.9 Å². The second-order valence-corrected chi connectivity index (χ2v) is 7.61. The van der Waals surface area contributed by atoms with Gasteiger partial charge in [0.25, 0.3) is 11.5 Å². The standard InChI is InChI=1S/C22H23FN2O3/c1-14-6-5-10-24(12-14)21(26)19-15(2)28-18-9-11-25(22(27)20(18)19)13-16-7-3-4-8-17(16)23/h3-4,7-9,11,14H,5-6,10,12-13H2,1-2H3. The predicted molar refractivity (Wildman–Crippen MR) is 105 cm³/mol. The highest BCUT2D eigenvalue weighted by Gasteiger charge is 2.28. The molecule has 5 nitrogen and oxygen atoms in total. The third-order valence-corrected chi connectivity index (χ3v) is 5.45. The number of hydrogen-bond acceptors (Lipinski definition) is 3. The Kier molecular flexibility index (Phi) is 4.79. The van der Waals surface area contributed by atoms with E-state index in [9.17, 15) is 14.0 Å². The lowest BCUT2D eigenvalue weighted by molar-refractivity contribution is 0.0683. The molecule has 2 aromatic heterocycles. The summed E-state index contributed by atoms with van der Waals surface area (Å²) < 4.78 is 21.2. The van der Waals surface area contributed by atoms with Crippen LogP contribution in [-0.4, -0.2) is 28.5 Å². The number of likely N-dealkylation sites (tertiary alicyclic amines) is 1. The van der Waals surface area contributed by atoms with Crippen molar-refractivity contribution in [1.29, 1.82) is 0 Å². The Morgan fingerprint density at radius 2 is 2.07 bits per heavy atom. The summed E-state index contributed by atoms with van der Waals surface area (Å²) in [5.41, 5.74) is 0.797. The fourth-order valence-corrected chi connectivity index (χ4v) is 3.99. The van der Waals surface area contributed by atoms with Gasteiger partial charge in [0.2, 0.25) is 0 Å². The number of aromatic nitrogens is 1. The minimum absolute atomic E-state index is 0.0973. The van der Waals surface area contributed by atoms with E-state index in [2.05, 4.69) is 6.92 Å². The van der Waals surface area contributed by atoms with Crippen molar-refractivity contribution in [3.63, 3.8) is 0 Å². The number of furan rings is 1. The highest BCUT2D eigenvalue weighted by Crippen LogP contribution is 2.26. The van der Waals surface area contributed by atoms with E-state index >= 15 is 0 Å². The number of pyridine rings is 1. The first-order valence-corrected chi connectivity index (χ1v) is 9.61. The van der Waals surface area contributed by atoms with Crippen molar-refractivity contribution in [2.75, 3.05) is 13.1 Å². The summed E-state index contributed by atoms with van der Waals surface area (Å²) in [5.74, 6) is 0.355. The Hall–Kier alpha value is -2.89. The highest BCUT2D eigenvalue weighted by atomic mass is 19.1. The van der Waals surface area contributed by atoms with Gasteiger partial charge in [-0.25, -0.2) is 4.39 Å². The molecule has 1 atom stereocenters. The molecule has 0 N–H and O–H groups in total. The van der Waals surface area contributed by atoms with Gasteiger partial charge >= 0.3 is 0 Å². The Morgan fingerprint density at radius 1 is 1.29 bits per heavy atom. The van der Waals surface area contributed by atoms with Crippen LogP contribution >= 0.6 is 0 Å². The summed E-state index contributed by atoms with van der Waals surface area (Å²) in [6.07, 6.45) is 3.64. The van der Waals surface area contributed by atoms with Crippen LogP contribution in [0.2, 0.25) is 0 Å². The van der Waals surface area contributed by atoms with E-state index in [-0.39, 0.29) is 29.2 Å². The molecule has 1 aromatic carbocycles. The molecule has 28 heavy (non-hydrogen) atoms. The zero-order valence-corrected chi connectivity index (χ0v) is 16.1. The van der Waals surface area contributed by atoms with E-state index < -0.39 is 0 Å². The molecule has 3 aromatic rings. The van der Waals surface area contributed by atoms with Crippen LogP contribution in [0.15, 0.2) is 45.7 Å². The molecule has 1 saturated heterocycles. The quantitative estimate of drug-likeness (QED) is 0.689. The Bertz CT molecular complexity index is 1100. The van der Waals surface area contributed by atoms with Gasteiger partial charge in [-0.2, -0.15) is 0 Å². The van der Waals surface area contributed by atoms with Crippen LogP contribution in [0.1, 0.15) is 41.4 Å². The van der Waals surface area contributed by atoms with Gasteiger partial charge in [0.15, 0.2) is 0 Å². The number of carbonyl (C=O) groups excluding carboxylic acids is 1. The van der Waals surface area contributed by atoms with Gasteiger partial charge in [-0.05, 0) is 37.8 Å². The van der Waals surface area contributed by atoms with E-state index in [4.69, 9.17) is 4.42 Å². The third kappa shape index (κ3) is 3.23. The molecule has 0 aliphatic carbocycles. The van der Waals surface area contributed by atoms with E-state index in [1.54, 1.807) is 42.3 Å². The minimum Gasteiger partial charge on any atom is -0.460 e. The van der Waals surface area contributed by atoms with E-state index in [0.29, 0.717) is 41.5 Å². The molecule has 0 bridgehead atoms. The number of halogens is 1. The summed E-state index contributed by atoms with van der Waals surface area (Å²) in [5, 5.41) is 0.277. The van der Waals surface area contributed by atoms with Crippen LogP contribution in [0.5, 0.6) is 0 Å². The van der Waals surface area contributed by atoms with E-state index in [0.717, 1.165) is 12.8 Å². The molecular formula is C22H23FN2O3. The molecule has 3 heterocycles. The Morgan fingerprint density at radius 3 is 2.82 bits per heavy atom. The maximum Gasteiger partial charge on any atom is 0.262 e. The highest BCUT2D eigenvalue weighted by molar-refractivity contribution is 6.06. The number of amides is 1. The van der Waals surface area contributed by atoms with Crippen LogP contribution in [0.4, 0.5) is 4.39 Å². The first-order chi connectivity index (χ1) is 13.5. The first kappa shape index (κ1) is 18.5. The monoisotopic (exact) mass is 382 g/mol. The summed E-state index contributed by atoms with van der Waals surface area (Å²) in [4.78, 5) is 28.1. The van der Waals surface area contributed by atoms with Gasteiger partial charge in [-0.1, -0.05) is 25.1 Å². The molecule has 1 unspecified atom stereocenters. The number of benzene rings is 1. The molecule has 0 spiro atoms. The normalized spacial score (nSPS) is 17.2. The largest absolute Gasteiger partial charge is 0.460 e. The molecule has 1 aliphatic rings. The van der Waals surface area contributed by atoms with Gasteiger partial charge in [0.05, 0.1) is 17.5 Å². The molecule has 1 fully saturated rings. The van der Waals surface area contributed by atoms with Crippen molar-refractivity contribution in [2.24, 2.45) is 5.92 Å². The fourth-order valence-electron chi connectivity index (χ4n) is 3.99. The maximum atomic E-state index is 14.0. The number of piperidine rings is 1. The topological polar surface area (TPSA) is 55.5 Å². The molecule has 4 rings (SSSR count). The van der Waals surface area contributed by atoms with Gasteiger partial charge in [0.1, 0.15) is 17.2 Å². The molecular weight excluding hydrogens is 359 g/mol. The van der Waals surface area contributed by atoms with Crippen molar-refractivity contribution in [2.45, 2.75) is 33.2 Å². The van der Waals surface area contributed by atoms with Gasteiger partial charge in [-0.3, -0.25) is 9.59 Å². The van der Waals surface area contributed by atoms with Crippen LogP contribution in [0, 0.1) is 18.7 Å². The van der Waals surface area contributed by atoms with Crippen LogP contribution in [-0.2, 0) is 6.54 Å². The molecule has 6 heteroatoms. The summed E-state index contributed by atoms with van der Waals surface area (Å²) in [7, 11) is 0. The number of nitrogens with zero attached hydrogens (tertiary/aromatic N) is 2. The number of aryl methyl sites for hydroxylation is 1. The van der Waals surface area contributed by atoms with E-state index in [1.807, 2.05) is 0 Å². The summed E-state index contributed by atoms with van der Waals surface area (Å²) >= 11 is 0. The van der Waals surface area contributed by atoms with Crippen molar-refractivity contribution in [3.8, 4) is 0 Å². The lowest BCUT2D eigenvalue weighted by Crippen LogP contribution is -2.39. The average Bonchev–Trinajstić information content (AvgIpc) is 3.02. The van der Waals surface area contributed by atoms with Crippen molar-refractivity contribution >= 4 is 16.9 Å². The summed E-state index contributed by atoms with van der Waals surface area (Å²) in [6.45, 7) is 5.30. The summed E-state index contributed by atoms with van der Waals surface area (Å²) in [6, 6.07) is 8.03. The van der Waals surface area contributed by atoms with E-state index in [1.165, 1.54) is 10.6 Å². The number of hydrogen-bond donors (Lipinski definition) is 0. The van der Waals surface area contributed by atoms with Crippen LogP contribution in [0.25, 0.3) is 11.0 Å². The smallest absolute Gasteiger partial charge is 0.262 e.